The Kier molecular flexibility index (Phi) is 23.6. The highest BCUT2D eigenvalue weighted by Gasteiger charge is 2.59. The molecule has 0 heterocycles. The first-order chi connectivity index (χ1) is 36.0. The Hall–Kier alpha value is -2.64. The maximum absolute atomic E-state index is 14.6. The lowest BCUT2D eigenvalue weighted by atomic mass is 9.47. The molecule has 0 aromatic heterocycles. The molecule has 428 valence electrons. The van der Waals surface area contributed by atoms with Crippen LogP contribution in [0.15, 0.2) is 54.1 Å². The second-order valence-electron chi connectivity index (χ2n) is 27.0. The van der Waals surface area contributed by atoms with Crippen LogP contribution in [0.5, 0.6) is 5.75 Å². The first-order valence-corrected chi connectivity index (χ1v) is 32.5. The predicted molar refractivity (Wildman–Crippen MR) is 313 cm³/mol. The van der Waals surface area contributed by atoms with Crippen molar-refractivity contribution >= 4 is 31.4 Å². The van der Waals surface area contributed by atoms with Gasteiger partial charge in [0.2, 0.25) is 0 Å². The van der Waals surface area contributed by atoms with Gasteiger partial charge in [-0.25, -0.2) is 4.57 Å². The van der Waals surface area contributed by atoms with E-state index < -0.39 is 30.6 Å². The van der Waals surface area contributed by atoms with Crippen LogP contribution < -0.4 is 4.52 Å². The van der Waals surface area contributed by atoms with Crippen molar-refractivity contribution in [3.8, 4) is 5.75 Å². The molecule has 0 bridgehead atoms. The smallest absolute Gasteiger partial charge is 0.481 e. The number of rotatable bonds is 34. The maximum atomic E-state index is 14.6. The number of benzene rings is 2. The molecule has 0 amide bonds. The van der Waals surface area contributed by atoms with Gasteiger partial charge in [0.25, 0.3) is 0 Å². The molecule has 2 aromatic rings. The molecule has 10 heteroatoms. The molecule has 4 aliphatic rings. The summed E-state index contributed by atoms with van der Waals surface area (Å²) in [5, 5.41) is 19.9. The molecule has 3 saturated carbocycles. The van der Waals surface area contributed by atoms with Crippen LogP contribution in [0.4, 0.5) is 0 Å². The quantitative estimate of drug-likeness (QED) is 0.0404. The summed E-state index contributed by atoms with van der Waals surface area (Å²) < 4.78 is 33.3. The lowest BCUT2D eigenvalue weighted by Gasteiger charge is -2.58. The number of carboxylic acid groups (broad SMARTS) is 2. The van der Waals surface area contributed by atoms with Crippen molar-refractivity contribution in [1.29, 1.82) is 0 Å². The third-order valence-electron chi connectivity index (χ3n) is 19.5. The molecular formula is C66H104ClO8P. The zero-order valence-electron chi connectivity index (χ0n) is 49.0. The molecule has 2 N–H and O–H groups in total. The highest BCUT2D eigenvalue weighted by atomic mass is 35.5. The molecule has 0 radical (unpaired) electrons. The summed E-state index contributed by atoms with van der Waals surface area (Å²) in [5.74, 6) is 3.46. The summed E-state index contributed by atoms with van der Waals surface area (Å²) >= 11 is 6.53. The van der Waals surface area contributed by atoms with Crippen molar-refractivity contribution < 1.29 is 37.9 Å². The van der Waals surface area contributed by atoms with Gasteiger partial charge in [0.05, 0.1) is 28.6 Å². The average Bonchev–Trinajstić information content (AvgIpc) is 3.81. The zero-order valence-corrected chi connectivity index (χ0v) is 50.7. The van der Waals surface area contributed by atoms with Crippen molar-refractivity contribution in [1.82, 2.24) is 0 Å². The van der Waals surface area contributed by atoms with E-state index in [1.165, 1.54) is 127 Å². The summed E-state index contributed by atoms with van der Waals surface area (Å²) in [6.07, 6.45) is 35.4. The summed E-state index contributed by atoms with van der Waals surface area (Å²) in [6.45, 7) is 19.8. The molecule has 2 aromatic carbocycles. The van der Waals surface area contributed by atoms with E-state index in [0.29, 0.717) is 41.6 Å². The number of para-hydroxylation sites is 1. The topological polar surface area (TPSA) is 119 Å². The summed E-state index contributed by atoms with van der Waals surface area (Å²) in [4.78, 5) is 23.7. The number of carboxylic acids is 2. The number of halogens is 1. The van der Waals surface area contributed by atoms with Crippen LogP contribution in [0.1, 0.15) is 246 Å². The van der Waals surface area contributed by atoms with Crippen molar-refractivity contribution in [3.63, 3.8) is 0 Å². The Labute approximate surface area is 467 Å². The highest BCUT2D eigenvalue weighted by Crippen LogP contribution is 2.68. The van der Waals surface area contributed by atoms with Gasteiger partial charge < -0.3 is 14.7 Å². The fourth-order valence-electron chi connectivity index (χ4n) is 14.9. The van der Waals surface area contributed by atoms with Crippen molar-refractivity contribution in [3.05, 3.63) is 75.8 Å². The summed E-state index contributed by atoms with van der Waals surface area (Å²) in [6, 6.07) is 13.4. The van der Waals surface area contributed by atoms with Crippen LogP contribution in [-0.4, -0.2) is 34.9 Å². The first kappa shape index (κ1) is 62.6. The molecule has 9 atom stereocenters. The van der Waals surface area contributed by atoms with Crippen LogP contribution in [0.3, 0.4) is 0 Å². The van der Waals surface area contributed by atoms with Crippen LogP contribution >= 0.6 is 19.4 Å². The maximum Gasteiger partial charge on any atom is 0.530 e. The van der Waals surface area contributed by atoms with Gasteiger partial charge in [0.15, 0.2) is 0 Å². The number of aliphatic carboxylic acids is 2. The molecule has 0 aliphatic heterocycles. The van der Waals surface area contributed by atoms with Gasteiger partial charge >= 0.3 is 19.8 Å². The van der Waals surface area contributed by atoms with E-state index in [1.807, 2.05) is 18.2 Å². The van der Waals surface area contributed by atoms with Gasteiger partial charge in [-0.05, 0) is 186 Å². The highest BCUT2D eigenvalue weighted by molar-refractivity contribution is 7.49. The Morgan fingerprint density at radius 3 is 1.82 bits per heavy atom. The molecule has 6 rings (SSSR count). The van der Waals surface area contributed by atoms with Crippen molar-refractivity contribution in [2.45, 2.75) is 255 Å². The van der Waals surface area contributed by atoms with E-state index in [2.05, 4.69) is 52.8 Å². The molecular weight excluding hydrogens is 987 g/mol. The number of phosphoric ester groups is 1. The molecule has 6 unspecified atom stereocenters. The Morgan fingerprint density at radius 2 is 1.25 bits per heavy atom. The number of unbranched alkanes of at least 4 members (excludes halogenated alkanes) is 14. The largest absolute Gasteiger partial charge is 0.530 e. The minimum absolute atomic E-state index is 0.171. The first-order valence-electron chi connectivity index (χ1n) is 30.7. The lowest BCUT2D eigenvalue weighted by molar-refractivity contribution is -0.147. The minimum Gasteiger partial charge on any atom is -0.481 e. The average molecular weight is 1090 g/mol. The van der Waals surface area contributed by atoms with Crippen LogP contribution in [-0.2, 0) is 42.5 Å². The van der Waals surface area contributed by atoms with Crippen LogP contribution in [0, 0.1) is 57.2 Å². The number of fused-ring (bicyclic) bond motifs is 5. The standard InChI is InChI=1S/C66H104ClO8P/c1-48(2)28-27-29-49(3)56-35-36-57-55-34-33-53-45-54(37-39-65(53,8)58(55)38-40-66(56,57)9)74-76(72,75-60-32-25-24-31-59(60)67)73-41-26-22-20-18-16-14-12-10-11-13-15-17-19-21-23-30-50-42-51(46-63(4,5)61(68)69)44-52(43-50)47-64(6,7)62(70)71/h24-25,31-33,42-44,48-49,54-58H,10-23,26-30,34-41,45-47H2,1-9H3,(H,68,69)(H,70,71)/t49?,54-,55?,56?,57?,58?,65+,66-,76?/m1/s1. The molecule has 8 nitrogen and oxygen atoms in total. The van der Waals surface area contributed by atoms with Gasteiger partial charge in [-0.2, -0.15) is 0 Å². The molecule has 0 saturated heterocycles. The molecule has 0 spiro atoms. The third kappa shape index (κ3) is 17.4. The minimum atomic E-state index is -3.95. The second-order valence-corrected chi connectivity index (χ2v) is 29.0. The van der Waals surface area contributed by atoms with Gasteiger partial charge in [-0.15, -0.1) is 0 Å². The summed E-state index contributed by atoms with van der Waals surface area (Å²) in [7, 11) is -3.95. The zero-order chi connectivity index (χ0) is 55.2. The van der Waals surface area contributed by atoms with Crippen LogP contribution in [0.2, 0.25) is 5.02 Å². The Bertz CT molecular complexity index is 2190. The van der Waals surface area contributed by atoms with Gasteiger partial charge in [0.1, 0.15) is 5.75 Å². The number of hydrogen-bond donors (Lipinski definition) is 2. The van der Waals surface area contributed by atoms with Crippen LogP contribution in [0.25, 0.3) is 0 Å². The molecule has 4 aliphatic carbocycles. The van der Waals surface area contributed by atoms with Gasteiger partial charge in [-0.3, -0.25) is 18.6 Å². The Morgan fingerprint density at radius 1 is 0.697 bits per heavy atom. The van der Waals surface area contributed by atoms with E-state index in [4.69, 9.17) is 25.2 Å². The SMILES string of the molecule is CC(C)CCCC(C)C1CCC2C3CC=C4C[C@H](OP(=O)(OCCCCCCCCCCCCCCCCCc5cc(CC(C)(C)C(=O)O)cc(CC(C)(C)C(=O)O)c5)Oc5ccccc5Cl)CC[C@]4(C)C3CC[C@]12C. The predicted octanol–water partition coefficient (Wildman–Crippen LogP) is 19.7. The van der Waals surface area contributed by atoms with Gasteiger partial charge in [0, 0.05) is 0 Å². The van der Waals surface area contributed by atoms with E-state index in [0.717, 1.165) is 98.5 Å². The fourth-order valence-corrected chi connectivity index (χ4v) is 16.6. The fraction of sp³-hybridized carbons (Fsp3) is 0.758. The number of hydrogen-bond acceptors (Lipinski definition) is 6. The number of aryl methyl sites for hydroxylation is 1. The lowest BCUT2D eigenvalue weighted by Crippen LogP contribution is -2.51. The second kappa shape index (κ2) is 28.7. The molecule has 3 fully saturated rings. The van der Waals surface area contributed by atoms with Crippen molar-refractivity contribution in [2.75, 3.05) is 6.61 Å². The number of allylic oxidation sites excluding steroid dienone is 1. The third-order valence-corrected chi connectivity index (χ3v) is 21.3. The van der Waals surface area contributed by atoms with E-state index >= 15 is 0 Å². The van der Waals surface area contributed by atoms with E-state index in [1.54, 1.807) is 39.8 Å². The normalized spacial score (nSPS) is 25.8. The molecule has 76 heavy (non-hydrogen) atoms. The van der Waals surface area contributed by atoms with E-state index in [-0.39, 0.29) is 11.5 Å². The summed E-state index contributed by atoms with van der Waals surface area (Å²) in [5.41, 5.74) is 3.48. The van der Waals surface area contributed by atoms with Crippen molar-refractivity contribution in [2.24, 2.45) is 57.2 Å². The number of carbonyl (C=O) groups is 2. The number of phosphoric acid groups is 1. The Balaban J connectivity index is 0.849. The monoisotopic (exact) mass is 1090 g/mol. The van der Waals surface area contributed by atoms with Gasteiger partial charge in [-0.1, -0.05) is 191 Å². The van der Waals surface area contributed by atoms with E-state index in [9.17, 15) is 24.4 Å².